The molecule has 0 radical (unpaired) electrons. The van der Waals surface area contributed by atoms with Gasteiger partial charge in [0.15, 0.2) is 0 Å². The average molecular weight is 478 g/mol. The summed E-state index contributed by atoms with van der Waals surface area (Å²) < 4.78 is 48.6. The summed E-state index contributed by atoms with van der Waals surface area (Å²) in [5.41, 5.74) is 0. The van der Waals surface area contributed by atoms with E-state index in [4.69, 9.17) is 18.9 Å². The zero-order valence-electron chi connectivity index (χ0n) is 19.1. The van der Waals surface area contributed by atoms with Gasteiger partial charge in [-0.1, -0.05) is 6.92 Å². The third-order valence-electron chi connectivity index (χ3n) is 5.38. The first-order valence-electron chi connectivity index (χ1n) is 11.1. The van der Waals surface area contributed by atoms with E-state index >= 15 is 0 Å². The Kier molecular flexibility index (Phi) is 8.96. The molecule has 3 rings (SSSR count). The highest BCUT2D eigenvalue weighted by Crippen LogP contribution is 2.26. The van der Waals surface area contributed by atoms with Crippen LogP contribution in [0.5, 0.6) is 17.2 Å². The minimum absolute atomic E-state index is 0.136. The number of carbonyl (C=O) groups is 1. The Bertz CT molecular complexity index is 982. The van der Waals surface area contributed by atoms with Crippen LogP contribution in [0.2, 0.25) is 0 Å². The number of methoxy groups -OCH3 is 1. The predicted octanol–water partition coefficient (Wildman–Crippen LogP) is 3.51. The summed E-state index contributed by atoms with van der Waals surface area (Å²) in [6.45, 7) is 3.64. The van der Waals surface area contributed by atoms with Crippen molar-refractivity contribution in [2.45, 2.75) is 31.1 Å². The molecule has 2 aromatic carbocycles. The molecule has 33 heavy (non-hydrogen) atoms. The minimum atomic E-state index is -3.60. The molecule has 1 fully saturated rings. The van der Waals surface area contributed by atoms with Crippen LogP contribution >= 0.6 is 0 Å². The number of piperidine rings is 1. The number of esters is 1. The number of hydrogen-bond acceptors (Lipinski definition) is 7. The van der Waals surface area contributed by atoms with Crippen molar-refractivity contribution in [3.05, 3.63) is 48.5 Å². The van der Waals surface area contributed by atoms with Crippen LogP contribution in [0.1, 0.15) is 26.2 Å². The monoisotopic (exact) mass is 477 g/mol. The maximum absolute atomic E-state index is 12.8. The predicted molar refractivity (Wildman–Crippen MR) is 123 cm³/mol. The fourth-order valence-electron chi connectivity index (χ4n) is 3.50. The lowest BCUT2D eigenvalue weighted by Gasteiger charge is -2.30. The third kappa shape index (κ3) is 6.85. The summed E-state index contributed by atoms with van der Waals surface area (Å²) in [5.74, 6) is 1.42. The largest absolute Gasteiger partial charge is 0.497 e. The van der Waals surface area contributed by atoms with Gasteiger partial charge in [-0.3, -0.25) is 4.79 Å². The lowest BCUT2D eigenvalue weighted by molar-refractivity contribution is -0.150. The summed E-state index contributed by atoms with van der Waals surface area (Å²) >= 11 is 0. The van der Waals surface area contributed by atoms with Crippen molar-refractivity contribution in [1.82, 2.24) is 4.31 Å². The second-order valence-electron chi connectivity index (χ2n) is 7.69. The van der Waals surface area contributed by atoms with Crippen molar-refractivity contribution in [2.24, 2.45) is 5.92 Å². The van der Waals surface area contributed by atoms with Crippen LogP contribution in [0, 0.1) is 5.92 Å². The molecule has 0 bridgehead atoms. The molecule has 0 aliphatic carbocycles. The van der Waals surface area contributed by atoms with Crippen LogP contribution < -0.4 is 14.2 Å². The average Bonchev–Trinajstić information content (AvgIpc) is 2.86. The van der Waals surface area contributed by atoms with Crippen LogP contribution in [0.25, 0.3) is 0 Å². The number of hydrogen-bond donors (Lipinski definition) is 0. The summed E-state index contributed by atoms with van der Waals surface area (Å²) in [4.78, 5) is 12.6. The fraction of sp³-hybridized carbons (Fsp3) is 0.458. The van der Waals surface area contributed by atoms with E-state index in [-0.39, 0.29) is 43.1 Å². The first-order valence-corrected chi connectivity index (χ1v) is 12.5. The lowest BCUT2D eigenvalue weighted by Crippen LogP contribution is -2.40. The quantitative estimate of drug-likeness (QED) is 0.361. The lowest BCUT2D eigenvalue weighted by atomic mass is 9.98. The molecule has 0 saturated carbocycles. The zero-order valence-corrected chi connectivity index (χ0v) is 19.9. The number of benzene rings is 2. The Labute approximate surface area is 195 Å². The van der Waals surface area contributed by atoms with Gasteiger partial charge in [-0.05, 0) is 67.8 Å². The Balaban J connectivity index is 1.39. The molecule has 0 atom stereocenters. The number of ether oxygens (including phenoxy) is 4. The van der Waals surface area contributed by atoms with Crippen LogP contribution in [0.3, 0.4) is 0 Å². The first kappa shape index (κ1) is 24.9. The van der Waals surface area contributed by atoms with Crippen molar-refractivity contribution < 1.29 is 32.2 Å². The summed E-state index contributed by atoms with van der Waals surface area (Å²) in [6.07, 6.45) is 1.80. The van der Waals surface area contributed by atoms with Crippen LogP contribution in [-0.4, -0.2) is 58.7 Å². The standard InChI is InChI=1S/C24H31NO7S/c1-3-16-30-21-4-6-22(7-5-21)31-17-18-32-24(26)19-12-14-25(15-13-19)33(27,28)23-10-8-20(29-2)9-11-23/h4-11,19H,3,12-18H2,1-2H3. The van der Waals surface area contributed by atoms with Crippen molar-refractivity contribution in [3.8, 4) is 17.2 Å². The minimum Gasteiger partial charge on any atom is -0.497 e. The van der Waals surface area contributed by atoms with E-state index in [0.717, 1.165) is 12.2 Å². The number of carbonyl (C=O) groups excluding carboxylic acids is 1. The van der Waals surface area contributed by atoms with Gasteiger partial charge in [-0.15, -0.1) is 0 Å². The molecule has 2 aromatic rings. The molecular weight excluding hydrogens is 446 g/mol. The molecule has 0 N–H and O–H groups in total. The van der Waals surface area contributed by atoms with Crippen molar-refractivity contribution >= 4 is 16.0 Å². The molecule has 180 valence electrons. The van der Waals surface area contributed by atoms with Gasteiger partial charge in [0.25, 0.3) is 0 Å². The third-order valence-corrected chi connectivity index (χ3v) is 7.29. The fourth-order valence-corrected chi connectivity index (χ4v) is 4.97. The van der Waals surface area contributed by atoms with Gasteiger partial charge in [0.2, 0.25) is 10.0 Å². The Morgan fingerprint density at radius 1 is 0.879 bits per heavy atom. The highest BCUT2D eigenvalue weighted by atomic mass is 32.2. The van der Waals surface area contributed by atoms with Gasteiger partial charge >= 0.3 is 5.97 Å². The van der Waals surface area contributed by atoms with Crippen molar-refractivity contribution in [2.75, 3.05) is 40.0 Å². The number of rotatable bonds is 11. The molecule has 1 aliphatic heterocycles. The molecule has 0 amide bonds. The van der Waals surface area contributed by atoms with Crippen LogP contribution in [0.15, 0.2) is 53.4 Å². The van der Waals surface area contributed by atoms with Gasteiger partial charge in [0.05, 0.1) is 24.5 Å². The van der Waals surface area contributed by atoms with Crippen molar-refractivity contribution in [1.29, 1.82) is 0 Å². The summed E-state index contributed by atoms with van der Waals surface area (Å²) in [6, 6.07) is 13.6. The SMILES string of the molecule is CCCOc1ccc(OCCOC(=O)C2CCN(S(=O)(=O)c3ccc(OC)cc3)CC2)cc1. The number of nitrogens with zero attached hydrogens (tertiary/aromatic N) is 1. The van der Waals surface area contributed by atoms with E-state index in [2.05, 4.69) is 0 Å². The van der Waals surface area contributed by atoms with Gasteiger partial charge in [-0.2, -0.15) is 4.31 Å². The smallest absolute Gasteiger partial charge is 0.309 e. The van der Waals surface area contributed by atoms with Crippen LogP contribution in [0.4, 0.5) is 0 Å². The normalized spacial score (nSPS) is 15.1. The maximum atomic E-state index is 12.8. The molecule has 1 aliphatic rings. The molecule has 0 spiro atoms. The topological polar surface area (TPSA) is 91.4 Å². The molecule has 1 saturated heterocycles. The molecule has 0 unspecified atom stereocenters. The zero-order chi connectivity index (χ0) is 23.7. The van der Waals surface area contributed by atoms with Gasteiger partial charge in [0, 0.05) is 13.1 Å². The molecule has 1 heterocycles. The maximum Gasteiger partial charge on any atom is 0.309 e. The molecule has 0 aromatic heterocycles. The Morgan fingerprint density at radius 2 is 1.42 bits per heavy atom. The van der Waals surface area contributed by atoms with Gasteiger partial charge in [0.1, 0.15) is 30.5 Å². The highest BCUT2D eigenvalue weighted by molar-refractivity contribution is 7.89. The van der Waals surface area contributed by atoms with E-state index in [1.54, 1.807) is 12.1 Å². The van der Waals surface area contributed by atoms with E-state index in [1.807, 2.05) is 31.2 Å². The molecule has 8 nitrogen and oxygen atoms in total. The van der Waals surface area contributed by atoms with E-state index < -0.39 is 10.0 Å². The van der Waals surface area contributed by atoms with E-state index in [9.17, 15) is 13.2 Å². The highest BCUT2D eigenvalue weighted by Gasteiger charge is 2.32. The second-order valence-corrected chi connectivity index (χ2v) is 9.63. The van der Waals surface area contributed by atoms with Gasteiger partial charge < -0.3 is 18.9 Å². The molecular formula is C24H31NO7S. The van der Waals surface area contributed by atoms with E-state index in [1.165, 1.54) is 23.5 Å². The second kappa shape index (κ2) is 11.9. The Morgan fingerprint density at radius 3 is 1.97 bits per heavy atom. The Hall–Kier alpha value is -2.78. The van der Waals surface area contributed by atoms with Crippen molar-refractivity contribution in [3.63, 3.8) is 0 Å². The van der Waals surface area contributed by atoms with Gasteiger partial charge in [-0.25, -0.2) is 8.42 Å². The first-order chi connectivity index (χ1) is 15.9. The van der Waals surface area contributed by atoms with E-state index in [0.29, 0.717) is 30.9 Å². The summed E-state index contributed by atoms with van der Waals surface area (Å²) in [5, 5.41) is 0. The van der Waals surface area contributed by atoms with Crippen LogP contribution in [-0.2, 0) is 19.6 Å². The number of sulfonamides is 1. The molecule has 9 heteroatoms. The summed E-state index contributed by atoms with van der Waals surface area (Å²) in [7, 11) is -2.07.